The Kier molecular flexibility index (Phi) is 6.38. The number of hydrazine groups is 1. The normalized spacial score (nSPS) is 12.2. The van der Waals surface area contributed by atoms with Gasteiger partial charge in [0.25, 0.3) is 0 Å². The minimum absolute atomic E-state index is 0.255. The Morgan fingerprint density at radius 1 is 1.33 bits per heavy atom. The summed E-state index contributed by atoms with van der Waals surface area (Å²) in [6.07, 6.45) is 2.90. The summed E-state index contributed by atoms with van der Waals surface area (Å²) in [7, 11) is 1.70. The van der Waals surface area contributed by atoms with Crippen molar-refractivity contribution in [2.45, 2.75) is 39.2 Å². The van der Waals surface area contributed by atoms with Crippen molar-refractivity contribution in [1.29, 1.82) is 0 Å². The van der Waals surface area contributed by atoms with Gasteiger partial charge in [-0.05, 0) is 6.42 Å². The van der Waals surface area contributed by atoms with Crippen molar-refractivity contribution in [2.75, 3.05) is 24.5 Å². The van der Waals surface area contributed by atoms with E-state index in [0.717, 1.165) is 30.9 Å². The summed E-state index contributed by atoms with van der Waals surface area (Å²) in [5.41, 5.74) is 2.56. The molecule has 1 aromatic rings. The van der Waals surface area contributed by atoms with Gasteiger partial charge >= 0.3 is 0 Å². The van der Waals surface area contributed by atoms with E-state index in [1.165, 1.54) is 0 Å². The lowest BCUT2D eigenvalue weighted by atomic mass is 10.2. The molecule has 4 N–H and O–H groups in total. The number of ether oxygens (including phenoxy) is 1. The highest BCUT2D eigenvalue weighted by Gasteiger charge is 2.09. The Labute approximate surface area is 108 Å². The minimum atomic E-state index is 0.255. The van der Waals surface area contributed by atoms with Crippen LogP contribution in [0.3, 0.4) is 0 Å². The number of nitrogen functional groups attached to an aromatic ring is 1. The summed E-state index contributed by atoms with van der Waals surface area (Å²) in [5, 5.41) is 3.36. The number of methoxy groups -OCH3 is 1. The van der Waals surface area contributed by atoms with Crippen LogP contribution in [-0.4, -0.2) is 29.7 Å². The van der Waals surface area contributed by atoms with Crippen LogP contribution in [-0.2, 0) is 11.2 Å². The second kappa shape index (κ2) is 7.84. The molecule has 1 aromatic heterocycles. The predicted octanol–water partition coefficient (Wildman–Crippen LogP) is 1.55. The third-order valence-electron chi connectivity index (χ3n) is 2.59. The van der Waals surface area contributed by atoms with Gasteiger partial charge in [-0.2, -0.15) is 0 Å². The second-order valence-electron chi connectivity index (χ2n) is 4.14. The molecular weight excluding hydrogens is 230 g/mol. The monoisotopic (exact) mass is 253 g/mol. The molecule has 1 heterocycles. The van der Waals surface area contributed by atoms with Crippen molar-refractivity contribution >= 4 is 11.6 Å². The van der Waals surface area contributed by atoms with Gasteiger partial charge in [0.1, 0.15) is 17.5 Å². The first-order valence-electron chi connectivity index (χ1n) is 6.33. The number of nitrogens with one attached hydrogen (secondary N) is 2. The van der Waals surface area contributed by atoms with Gasteiger partial charge in [0, 0.05) is 19.6 Å². The number of hydrogen-bond donors (Lipinski definition) is 3. The van der Waals surface area contributed by atoms with Crippen LogP contribution < -0.4 is 16.6 Å². The molecule has 0 spiro atoms. The van der Waals surface area contributed by atoms with Crippen molar-refractivity contribution in [3.05, 3.63) is 11.9 Å². The zero-order chi connectivity index (χ0) is 13.4. The van der Waals surface area contributed by atoms with Crippen molar-refractivity contribution in [3.63, 3.8) is 0 Å². The van der Waals surface area contributed by atoms with Gasteiger partial charge in [-0.25, -0.2) is 15.8 Å². The van der Waals surface area contributed by atoms with E-state index in [9.17, 15) is 0 Å². The van der Waals surface area contributed by atoms with E-state index in [1.54, 1.807) is 13.2 Å². The number of anilines is 2. The van der Waals surface area contributed by atoms with Crippen molar-refractivity contribution in [2.24, 2.45) is 5.84 Å². The lowest BCUT2D eigenvalue weighted by Gasteiger charge is -2.18. The summed E-state index contributed by atoms with van der Waals surface area (Å²) in [6.45, 7) is 4.82. The topological polar surface area (TPSA) is 85.1 Å². The molecule has 0 saturated carbocycles. The fourth-order valence-corrected chi connectivity index (χ4v) is 1.76. The highest BCUT2D eigenvalue weighted by molar-refractivity contribution is 5.47. The number of hydrogen-bond acceptors (Lipinski definition) is 6. The number of nitrogens with two attached hydrogens (primary N) is 1. The van der Waals surface area contributed by atoms with Crippen molar-refractivity contribution in [3.8, 4) is 0 Å². The third kappa shape index (κ3) is 4.46. The molecule has 102 valence electrons. The van der Waals surface area contributed by atoms with Crippen LogP contribution in [0.1, 0.15) is 32.5 Å². The zero-order valence-electron chi connectivity index (χ0n) is 11.4. The second-order valence-corrected chi connectivity index (χ2v) is 4.14. The first-order chi connectivity index (χ1) is 8.73. The molecule has 0 radical (unpaired) electrons. The molecule has 0 aromatic carbocycles. The maximum Gasteiger partial charge on any atom is 0.145 e. The molecule has 1 atom stereocenters. The Morgan fingerprint density at radius 3 is 2.61 bits per heavy atom. The van der Waals surface area contributed by atoms with Crippen molar-refractivity contribution < 1.29 is 4.74 Å². The molecule has 0 aliphatic heterocycles. The molecular formula is C12H23N5O. The number of nitrogens with zero attached hydrogens (tertiary/aromatic N) is 2. The Bertz CT molecular complexity index is 330. The van der Waals surface area contributed by atoms with Crippen LogP contribution in [0.2, 0.25) is 0 Å². The average molecular weight is 253 g/mol. The van der Waals surface area contributed by atoms with Gasteiger partial charge < -0.3 is 15.5 Å². The third-order valence-corrected chi connectivity index (χ3v) is 2.59. The lowest BCUT2D eigenvalue weighted by Crippen LogP contribution is -2.25. The average Bonchev–Trinajstić information content (AvgIpc) is 2.38. The first kappa shape index (κ1) is 14.7. The smallest absolute Gasteiger partial charge is 0.145 e. The van der Waals surface area contributed by atoms with Crippen molar-refractivity contribution in [1.82, 2.24) is 9.97 Å². The summed E-state index contributed by atoms with van der Waals surface area (Å²) in [4.78, 5) is 8.68. The first-order valence-corrected chi connectivity index (χ1v) is 6.33. The molecule has 1 rings (SSSR count). The summed E-state index contributed by atoms with van der Waals surface area (Å²) < 4.78 is 5.20. The fraction of sp³-hybridized carbons (Fsp3) is 0.667. The van der Waals surface area contributed by atoms with E-state index in [0.29, 0.717) is 12.4 Å². The quantitative estimate of drug-likeness (QED) is 0.481. The van der Waals surface area contributed by atoms with Gasteiger partial charge in [0.2, 0.25) is 0 Å². The van der Waals surface area contributed by atoms with E-state index in [-0.39, 0.29) is 6.04 Å². The van der Waals surface area contributed by atoms with E-state index >= 15 is 0 Å². The van der Waals surface area contributed by atoms with E-state index < -0.39 is 0 Å². The molecule has 0 aliphatic rings. The molecule has 1 unspecified atom stereocenters. The summed E-state index contributed by atoms with van der Waals surface area (Å²) >= 11 is 0. The minimum Gasteiger partial charge on any atom is -0.383 e. The predicted molar refractivity (Wildman–Crippen MR) is 73.4 cm³/mol. The molecule has 0 saturated heterocycles. The summed E-state index contributed by atoms with van der Waals surface area (Å²) in [6, 6.07) is 2.06. The van der Waals surface area contributed by atoms with Crippen LogP contribution in [0.25, 0.3) is 0 Å². The van der Waals surface area contributed by atoms with Crippen LogP contribution in [0.15, 0.2) is 6.07 Å². The van der Waals surface area contributed by atoms with Gasteiger partial charge in [-0.15, -0.1) is 0 Å². The number of rotatable bonds is 8. The molecule has 0 fully saturated rings. The van der Waals surface area contributed by atoms with E-state index in [1.807, 2.05) is 6.92 Å². The molecule has 6 heteroatoms. The van der Waals surface area contributed by atoms with Gasteiger partial charge in [-0.3, -0.25) is 0 Å². The molecule has 0 bridgehead atoms. The molecule has 0 amide bonds. The fourth-order valence-electron chi connectivity index (χ4n) is 1.76. The summed E-state index contributed by atoms with van der Waals surface area (Å²) in [5.74, 6) is 7.57. The molecule has 0 aliphatic carbocycles. The highest BCUT2D eigenvalue weighted by atomic mass is 16.5. The van der Waals surface area contributed by atoms with Crippen LogP contribution >= 0.6 is 0 Å². The largest absolute Gasteiger partial charge is 0.383 e. The van der Waals surface area contributed by atoms with Crippen LogP contribution in [0, 0.1) is 0 Å². The Hall–Kier alpha value is -1.40. The van der Waals surface area contributed by atoms with E-state index in [2.05, 4.69) is 27.6 Å². The lowest BCUT2D eigenvalue weighted by molar-refractivity contribution is 0.182. The molecule has 6 nitrogen and oxygen atoms in total. The van der Waals surface area contributed by atoms with Gasteiger partial charge in [-0.1, -0.05) is 20.3 Å². The number of aryl methyl sites for hydroxylation is 1. The van der Waals surface area contributed by atoms with Gasteiger partial charge in [0.15, 0.2) is 0 Å². The Balaban J connectivity index is 2.80. The van der Waals surface area contributed by atoms with Crippen LogP contribution in [0.4, 0.5) is 11.6 Å². The maximum absolute atomic E-state index is 5.40. The standard InChI is InChI=1S/C12H23N5O/c1-4-6-9(8-18-3)14-11-7-12(17-13)16-10(5-2)15-11/h7,9H,4-6,8,13H2,1-3H3,(H2,14,15,16,17). The Morgan fingerprint density at radius 2 is 2.06 bits per heavy atom. The highest BCUT2D eigenvalue weighted by Crippen LogP contribution is 2.13. The van der Waals surface area contributed by atoms with Gasteiger partial charge in [0.05, 0.1) is 12.6 Å². The molecule has 18 heavy (non-hydrogen) atoms. The number of aromatic nitrogens is 2. The van der Waals surface area contributed by atoms with Crippen LogP contribution in [0.5, 0.6) is 0 Å². The maximum atomic E-state index is 5.40. The van der Waals surface area contributed by atoms with E-state index in [4.69, 9.17) is 10.6 Å². The zero-order valence-corrected chi connectivity index (χ0v) is 11.4. The SMILES string of the molecule is CCCC(COC)Nc1cc(NN)nc(CC)n1.